The Labute approximate surface area is 68.9 Å². The zero-order chi connectivity index (χ0) is 15.2. The van der Waals surface area contributed by atoms with Crippen molar-refractivity contribution < 1.29 is 17.2 Å². The van der Waals surface area contributed by atoms with E-state index in [9.17, 15) is 4.79 Å². The van der Waals surface area contributed by atoms with Crippen LogP contribution < -0.4 is 5.31 Å². The fourth-order valence-corrected chi connectivity index (χ4v) is 0.217. The molecule has 2 nitrogen and oxygen atoms in total. The summed E-state index contributed by atoms with van der Waals surface area (Å²) in [6.45, 7) is -6.47. The van der Waals surface area contributed by atoms with Gasteiger partial charge in [-0.2, -0.15) is 0 Å². The van der Waals surface area contributed by atoms with Gasteiger partial charge in [0.05, 0.1) is 0 Å². The first-order valence-corrected chi connectivity index (χ1v) is 1.65. The highest BCUT2D eigenvalue weighted by atomic mass is 35.5. The molecule has 0 saturated carbocycles. The maximum atomic E-state index is 11.4. The Morgan fingerprint density at radius 2 is 2.25 bits per heavy atom. The van der Waals surface area contributed by atoms with Crippen LogP contribution in [0.2, 0.25) is 1.41 Å². The molecule has 1 saturated heterocycles. The molecule has 1 aliphatic rings. The summed E-state index contributed by atoms with van der Waals surface area (Å²) in [6.07, 6.45) is -6.58. The molecule has 0 atom stereocenters. The lowest BCUT2D eigenvalue weighted by Gasteiger charge is -2.08. The van der Waals surface area contributed by atoms with Gasteiger partial charge in [-0.25, -0.2) is 0 Å². The number of carbonyl (C=O) groups is 1. The van der Waals surface area contributed by atoms with E-state index in [-0.39, 0.29) is 0 Å². The van der Waals surface area contributed by atoms with E-state index in [2.05, 4.69) is 12.3 Å². The number of hydrogen-bond donors (Lipinski definition) is 1. The van der Waals surface area contributed by atoms with Crippen molar-refractivity contribution in [1.29, 1.82) is 1.17 Å². The van der Waals surface area contributed by atoms with Crippen LogP contribution in [0.25, 0.3) is 0 Å². The van der Waals surface area contributed by atoms with Gasteiger partial charge in [0.2, 0.25) is 0 Å². The lowest BCUT2D eigenvalue weighted by Crippen LogP contribution is -2.27. The van der Waals surface area contributed by atoms with Crippen LogP contribution in [0.4, 0.5) is 0 Å². The largest absolute Gasteiger partial charge is 0.316 e. The molecule has 0 spiro atoms. The van der Waals surface area contributed by atoms with Crippen LogP contribution in [0, 0.1) is 0 Å². The molecule has 0 amide bonds. The monoisotopic (exact) mass is 145 g/mol. The molecule has 8 heavy (non-hydrogen) atoms. The lowest BCUT2D eigenvalue weighted by atomic mass is 10.1. The van der Waals surface area contributed by atoms with Gasteiger partial charge in [0.1, 0.15) is 8.37 Å². The van der Waals surface area contributed by atoms with E-state index in [1.165, 1.54) is 0 Å². The van der Waals surface area contributed by atoms with Gasteiger partial charge >= 0.3 is 0 Å². The van der Waals surface area contributed by atoms with Crippen LogP contribution in [0.5, 0.6) is 0 Å². The van der Waals surface area contributed by atoms with Gasteiger partial charge in [0.15, 0.2) is 0 Å². The van der Waals surface area contributed by atoms with Crippen molar-refractivity contribution >= 4 is 18.1 Å². The smallest absolute Gasteiger partial charge is 0.147 e. The van der Waals surface area contributed by atoms with E-state index in [1.54, 1.807) is 0 Å². The second kappa shape index (κ2) is 3.87. The predicted octanol–water partition coefficient (Wildman–Crippen LogP) is 0.361. The topological polar surface area (TPSA) is 29.1 Å². The van der Waals surface area contributed by atoms with Gasteiger partial charge in [-0.1, -0.05) is 0 Å². The van der Waals surface area contributed by atoms with Crippen molar-refractivity contribution in [2.24, 2.45) is 0 Å². The average molecular weight is 146 g/mol. The van der Waals surface area contributed by atoms with E-state index >= 15 is 0 Å². The molecule has 0 aromatic rings. The van der Waals surface area contributed by atoms with Crippen molar-refractivity contribution in [1.82, 2.24) is 5.31 Å². The summed E-state index contributed by atoms with van der Waals surface area (Å²) in [4.78, 5) is 11.4. The Balaban J connectivity index is 0.00000137. The van der Waals surface area contributed by atoms with E-state index in [0.717, 1.165) is 0 Å². The molecular formula is C5H10ClNO. The molecule has 0 aliphatic carbocycles. The lowest BCUT2D eigenvalue weighted by molar-refractivity contribution is -0.119. The Kier molecular flexibility index (Phi) is 0.640. The highest BCUT2D eigenvalue weighted by Crippen LogP contribution is 1.91. The van der Waals surface area contributed by atoms with Crippen molar-refractivity contribution in [3.8, 4) is 0 Å². The highest BCUT2D eigenvalue weighted by molar-refractivity contribution is 5.85. The summed E-state index contributed by atoms with van der Waals surface area (Å²) in [5.41, 5.74) is 0. The molecule has 0 aromatic carbocycles. The maximum Gasteiger partial charge on any atom is 0.147 e. The van der Waals surface area contributed by atoms with Gasteiger partial charge in [0, 0.05) is 36.7 Å². The molecule has 1 N–H and O–H groups in total. The highest BCUT2D eigenvalue weighted by Gasteiger charge is 2.04. The molecule has 1 heterocycles. The standard InChI is InChI=1S/C5H9NO.ClH/c7-5-1-3-6-4-2-5;/h6H,1-4H2;1H/i1D2,2D2,3D2,4D2;/hD2. The summed E-state index contributed by atoms with van der Waals surface area (Å²) in [6, 6.07) is 0. The first-order chi connectivity index (χ1) is 7.81. The van der Waals surface area contributed by atoms with E-state index < -0.39 is 36.8 Å². The molecule has 1 rings (SSSR count). The minimum absolute atomic E-state index is 0.471. The normalized spacial score (nSPS) is 64.9. The molecule has 3 heteroatoms. The van der Waals surface area contributed by atoms with Crippen molar-refractivity contribution in [3.05, 3.63) is 0 Å². The zero-order valence-corrected chi connectivity index (χ0v) is 4.49. The van der Waals surface area contributed by atoms with Gasteiger partial charge < -0.3 is 5.31 Å². The number of halogens is 1. The van der Waals surface area contributed by atoms with Crippen LogP contribution in [0.3, 0.4) is 0 Å². The van der Waals surface area contributed by atoms with Crippen LogP contribution in [-0.2, 0) is 4.79 Å². The number of Topliss-reactive ketones (excluding diaryl/α,β-unsaturated/α-hetero) is 1. The van der Waals surface area contributed by atoms with Gasteiger partial charge in [0.25, 0.3) is 0 Å². The zero-order valence-electron chi connectivity index (χ0n) is 13.7. The van der Waals surface area contributed by atoms with E-state index in [1.807, 2.05) is 0 Å². The summed E-state index contributed by atoms with van der Waals surface area (Å²) >= 11 is 3.89. The number of ketones is 1. The van der Waals surface area contributed by atoms with E-state index in [4.69, 9.17) is 13.6 Å². The van der Waals surface area contributed by atoms with Crippen molar-refractivity contribution in [2.45, 2.75) is 12.7 Å². The molecule has 0 unspecified atom stereocenters. The summed E-state index contributed by atoms with van der Waals surface area (Å²) in [5, 5.41) is -0.471. The molecule has 1 fully saturated rings. The van der Waals surface area contributed by atoms with Gasteiger partial charge in [-0.15, -0.1) is 12.3 Å². The minimum Gasteiger partial charge on any atom is -0.316 e. The maximum absolute atomic E-state index is 11.4. The Hall–Kier alpha value is -0.0800. The molecule has 0 aromatic heterocycles. The number of hydrogen-bond acceptors (Lipinski definition) is 2. The van der Waals surface area contributed by atoms with Crippen LogP contribution in [0.1, 0.15) is 23.7 Å². The SMILES string of the molecule is [2H]Cl.[2H]N1C([2H])([2H])C([2H])([2H])C(=O)C([2H])([2H])C1([2H])[2H]. The number of rotatable bonds is 0. The van der Waals surface area contributed by atoms with Crippen LogP contribution >= 0.6 is 12.3 Å². The van der Waals surface area contributed by atoms with Crippen LogP contribution in [0.15, 0.2) is 0 Å². The molecule has 0 bridgehead atoms. The minimum atomic E-state index is -3.29. The fourth-order valence-electron chi connectivity index (χ4n) is 0.217. The number of piperidine rings is 1. The van der Waals surface area contributed by atoms with Crippen molar-refractivity contribution in [2.75, 3.05) is 13.0 Å². The predicted molar refractivity (Wildman–Crippen MR) is 34.4 cm³/mol. The quantitative estimate of drug-likeness (QED) is 0.534. The third-order valence-corrected chi connectivity index (χ3v) is 0.451. The van der Waals surface area contributed by atoms with Gasteiger partial charge in [-0.05, 0) is 0 Å². The average Bonchev–Trinajstić information content (AvgIpc) is 2.27. The number of carbonyl (C=O) groups excluding carboxylic acids is 1. The molecule has 0 radical (unpaired) electrons. The summed E-state index contributed by atoms with van der Waals surface area (Å²) in [5.74, 6) is -1.83. The second-order valence-corrected chi connectivity index (χ2v) is 0.915. The third-order valence-electron chi connectivity index (χ3n) is 0.451. The molecule has 48 valence electrons. The molecule has 1 aliphatic heterocycles. The fraction of sp³-hybridized carbons (Fsp3) is 0.800. The van der Waals surface area contributed by atoms with Crippen molar-refractivity contribution in [3.63, 3.8) is 0 Å². The third kappa shape index (κ3) is 2.28. The number of nitrogens with one attached hydrogen (secondary N) is 1. The van der Waals surface area contributed by atoms with E-state index in [0.29, 0.717) is 0 Å². The van der Waals surface area contributed by atoms with Gasteiger partial charge in [-0.3, -0.25) is 4.79 Å². The summed E-state index contributed by atoms with van der Waals surface area (Å²) in [7, 11) is 0. The Morgan fingerprint density at radius 1 is 1.75 bits per heavy atom. The first-order valence-electron chi connectivity index (χ1n) is 6.48. The van der Waals surface area contributed by atoms with Crippen LogP contribution in [-0.4, -0.2) is 19.9 Å². The summed E-state index contributed by atoms with van der Waals surface area (Å²) < 4.78 is 69.8. The molecular weight excluding hydrogens is 126 g/mol. The first kappa shape index (κ1) is 1.32. The Morgan fingerprint density at radius 3 is 2.75 bits per heavy atom. The second-order valence-electron chi connectivity index (χ2n) is 0.915. The Bertz CT molecular complexity index is 313.